The van der Waals surface area contributed by atoms with Crippen LogP contribution in [-0.4, -0.2) is 30.4 Å². The Kier molecular flexibility index (Phi) is 5.39. The molecule has 1 rings (SSSR count). The van der Waals surface area contributed by atoms with Crippen molar-refractivity contribution in [2.24, 2.45) is 17.1 Å². The summed E-state index contributed by atoms with van der Waals surface area (Å²) in [6, 6.07) is 0. The molecule has 0 bridgehead atoms. The zero-order valence-corrected chi connectivity index (χ0v) is 12.3. The van der Waals surface area contributed by atoms with Crippen molar-refractivity contribution in [1.29, 1.82) is 0 Å². The Balaban J connectivity index is 2.43. The Labute approximate surface area is 111 Å². The topological polar surface area (TPSA) is 46.3 Å². The van der Waals surface area contributed by atoms with Crippen molar-refractivity contribution in [3.63, 3.8) is 0 Å². The third-order valence-electron chi connectivity index (χ3n) is 3.78. The molecule has 1 unspecified atom stereocenters. The highest BCUT2D eigenvalue weighted by Crippen LogP contribution is 2.30. The van der Waals surface area contributed by atoms with Crippen LogP contribution in [0, 0.1) is 11.3 Å². The first-order valence-electron chi connectivity index (χ1n) is 7.02. The standard InChI is InChI=1S/C15H28N2O/c1-12(11-16)5-6-14(18)17-9-7-13(8-10-17)15(2,3)4/h7,12H,5-6,8-11,16H2,1-4H3. The number of rotatable bonds is 4. The lowest BCUT2D eigenvalue weighted by molar-refractivity contribution is -0.131. The molecule has 18 heavy (non-hydrogen) atoms. The van der Waals surface area contributed by atoms with Gasteiger partial charge in [-0.1, -0.05) is 39.3 Å². The zero-order chi connectivity index (χ0) is 13.8. The summed E-state index contributed by atoms with van der Waals surface area (Å²) in [5, 5.41) is 0. The van der Waals surface area contributed by atoms with Crippen LogP contribution in [0.15, 0.2) is 11.6 Å². The first-order valence-corrected chi connectivity index (χ1v) is 7.02. The molecule has 1 heterocycles. The lowest BCUT2D eigenvalue weighted by atomic mass is 9.83. The molecular formula is C15H28N2O. The Morgan fingerprint density at radius 3 is 2.61 bits per heavy atom. The van der Waals surface area contributed by atoms with Crippen LogP contribution in [-0.2, 0) is 4.79 Å². The molecule has 0 aromatic heterocycles. The number of hydrogen-bond donors (Lipinski definition) is 1. The maximum Gasteiger partial charge on any atom is 0.222 e. The maximum atomic E-state index is 12.0. The van der Waals surface area contributed by atoms with E-state index in [0.717, 1.165) is 25.9 Å². The van der Waals surface area contributed by atoms with E-state index in [0.29, 0.717) is 18.9 Å². The fourth-order valence-electron chi connectivity index (χ4n) is 2.22. The Bertz CT molecular complexity index is 315. The molecule has 0 spiro atoms. The fourth-order valence-corrected chi connectivity index (χ4v) is 2.22. The molecule has 0 aliphatic carbocycles. The zero-order valence-electron chi connectivity index (χ0n) is 12.3. The number of amides is 1. The van der Waals surface area contributed by atoms with Crippen molar-refractivity contribution in [3.8, 4) is 0 Å². The quantitative estimate of drug-likeness (QED) is 0.782. The molecule has 104 valence electrons. The molecule has 0 aromatic rings. The lowest BCUT2D eigenvalue weighted by Gasteiger charge is -2.32. The van der Waals surface area contributed by atoms with Gasteiger partial charge in [0.05, 0.1) is 0 Å². The average molecular weight is 252 g/mol. The monoisotopic (exact) mass is 252 g/mol. The molecule has 2 N–H and O–H groups in total. The van der Waals surface area contributed by atoms with Gasteiger partial charge < -0.3 is 10.6 Å². The van der Waals surface area contributed by atoms with Gasteiger partial charge in [-0.2, -0.15) is 0 Å². The van der Waals surface area contributed by atoms with Crippen LogP contribution in [0.5, 0.6) is 0 Å². The molecule has 0 saturated carbocycles. The molecule has 1 amide bonds. The second kappa shape index (κ2) is 6.37. The van der Waals surface area contributed by atoms with Crippen molar-refractivity contribution < 1.29 is 4.79 Å². The van der Waals surface area contributed by atoms with Gasteiger partial charge in [0.25, 0.3) is 0 Å². The first-order chi connectivity index (χ1) is 8.34. The van der Waals surface area contributed by atoms with Gasteiger partial charge in [-0.05, 0) is 30.7 Å². The number of carbonyl (C=O) groups excluding carboxylic acids is 1. The minimum atomic E-state index is 0.239. The second-order valence-corrected chi connectivity index (χ2v) is 6.45. The van der Waals surface area contributed by atoms with E-state index in [1.165, 1.54) is 5.57 Å². The molecule has 0 saturated heterocycles. The molecule has 3 nitrogen and oxygen atoms in total. The number of nitrogens with zero attached hydrogens (tertiary/aromatic N) is 1. The minimum Gasteiger partial charge on any atom is -0.339 e. The predicted octanol–water partition coefficient (Wildman–Crippen LogP) is 2.57. The van der Waals surface area contributed by atoms with Crippen molar-refractivity contribution in [2.45, 2.75) is 47.0 Å². The molecular weight excluding hydrogens is 224 g/mol. The van der Waals surface area contributed by atoms with E-state index in [9.17, 15) is 4.79 Å². The average Bonchev–Trinajstić information content (AvgIpc) is 2.34. The number of nitrogens with two attached hydrogens (primary N) is 1. The van der Waals surface area contributed by atoms with Gasteiger partial charge >= 0.3 is 0 Å². The summed E-state index contributed by atoms with van der Waals surface area (Å²) in [7, 11) is 0. The Hall–Kier alpha value is -0.830. The van der Waals surface area contributed by atoms with Crippen molar-refractivity contribution in [1.82, 2.24) is 4.90 Å². The van der Waals surface area contributed by atoms with E-state index in [2.05, 4.69) is 33.8 Å². The molecule has 1 aliphatic heterocycles. The summed E-state index contributed by atoms with van der Waals surface area (Å²) >= 11 is 0. The second-order valence-electron chi connectivity index (χ2n) is 6.45. The first kappa shape index (κ1) is 15.2. The summed E-state index contributed by atoms with van der Waals surface area (Å²) in [6.07, 6.45) is 4.79. The van der Waals surface area contributed by atoms with Gasteiger partial charge in [0, 0.05) is 19.5 Å². The van der Waals surface area contributed by atoms with E-state index in [1.54, 1.807) is 0 Å². The predicted molar refractivity (Wildman–Crippen MR) is 76.2 cm³/mol. The molecule has 1 atom stereocenters. The Morgan fingerprint density at radius 2 is 2.17 bits per heavy atom. The van der Waals surface area contributed by atoms with Gasteiger partial charge in [-0.25, -0.2) is 0 Å². The third-order valence-corrected chi connectivity index (χ3v) is 3.78. The molecule has 0 fully saturated rings. The number of hydrogen-bond acceptors (Lipinski definition) is 2. The highest BCUT2D eigenvalue weighted by molar-refractivity contribution is 5.76. The normalized spacial score (nSPS) is 18.5. The smallest absolute Gasteiger partial charge is 0.222 e. The largest absolute Gasteiger partial charge is 0.339 e. The fraction of sp³-hybridized carbons (Fsp3) is 0.800. The minimum absolute atomic E-state index is 0.239. The van der Waals surface area contributed by atoms with Crippen LogP contribution < -0.4 is 5.73 Å². The highest BCUT2D eigenvalue weighted by Gasteiger charge is 2.23. The van der Waals surface area contributed by atoms with Crippen LogP contribution >= 0.6 is 0 Å². The lowest BCUT2D eigenvalue weighted by Crippen LogP contribution is -2.36. The van der Waals surface area contributed by atoms with Crippen LogP contribution in [0.1, 0.15) is 47.0 Å². The summed E-state index contributed by atoms with van der Waals surface area (Å²) in [5.74, 6) is 0.721. The van der Waals surface area contributed by atoms with Crippen LogP contribution in [0.3, 0.4) is 0 Å². The molecule has 3 heteroatoms. The van der Waals surface area contributed by atoms with Gasteiger partial charge in [-0.3, -0.25) is 4.79 Å². The van der Waals surface area contributed by atoms with E-state index >= 15 is 0 Å². The van der Waals surface area contributed by atoms with E-state index in [4.69, 9.17) is 5.73 Å². The molecule has 1 aliphatic rings. The Morgan fingerprint density at radius 1 is 1.50 bits per heavy atom. The van der Waals surface area contributed by atoms with Crippen molar-refractivity contribution in [3.05, 3.63) is 11.6 Å². The van der Waals surface area contributed by atoms with Gasteiger partial charge in [0.1, 0.15) is 0 Å². The molecule has 0 radical (unpaired) electrons. The molecule has 0 aromatic carbocycles. The SMILES string of the molecule is CC(CN)CCC(=O)N1CC=C(C(C)(C)C)CC1. The van der Waals surface area contributed by atoms with Crippen molar-refractivity contribution >= 4 is 5.91 Å². The van der Waals surface area contributed by atoms with Crippen LogP contribution in [0.2, 0.25) is 0 Å². The summed E-state index contributed by atoms with van der Waals surface area (Å²) in [5.41, 5.74) is 7.28. The highest BCUT2D eigenvalue weighted by atomic mass is 16.2. The van der Waals surface area contributed by atoms with E-state index in [-0.39, 0.29) is 11.3 Å². The van der Waals surface area contributed by atoms with Crippen LogP contribution in [0.25, 0.3) is 0 Å². The van der Waals surface area contributed by atoms with Crippen molar-refractivity contribution in [2.75, 3.05) is 19.6 Å². The van der Waals surface area contributed by atoms with Gasteiger partial charge in [0.15, 0.2) is 0 Å². The third kappa shape index (κ3) is 4.45. The van der Waals surface area contributed by atoms with Gasteiger partial charge in [-0.15, -0.1) is 0 Å². The van der Waals surface area contributed by atoms with Crippen LogP contribution in [0.4, 0.5) is 0 Å². The van der Waals surface area contributed by atoms with E-state index < -0.39 is 0 Å². The van der Waals surface area contributed by atoms with E-state index in [1.807, 2.05) is 4.90 Å². The summed E-state index contributed by atoms with van der Waals surface area (Å²) in [4.78, 5) is 14.0. The number of carbonyl (C=O) groups is 1. The summed E-state index contributed by atoms with van der Waals surface area (Å²) in [6.45, 7) is 11.1. The van der Waals surface area contributed by atoms with Gasteiger partial charge in [0.2, 0.25) is 5.91 Å². The summed E-state index contributed by atoms with van der Waals surface area (Å²) < 4.78 is 0. The maximum absolute atomic E-state index is 12.0.